The summed E-state index contributed by atoms with van der Waals surface area (Å²) in [5.41, 5.74) is 0.832. The van der Waals surface area contributed by atoms with Gasteiger partial charge in [-0.25, -0.2) is 0 Å². The number of hydrogen-bond acceptors (Lipinski definition) is 4. The van der Waals surface area contributed by atoms with E-state index in [1.807, 2.05) is 18.2 Å². The Labute approximate surface area is 91.5 Å². The highest BCUT2D eigenvalue weighted by Gasteiger charge is 2.13. The van der Waals surface area contributed by atoms with E-state index in [9.17, 15) is 5.11 Å². The zero-order chi connectivity index (χ0) is 10.1. The number of thiophene rings is 1. The first-order valence-electron chi connectivity index (χ1n) is 4.16. The van der Waals surface area contributed by atoms with Gasteiger partial charge in [-0.1, -0.05) is 17.4 Å². The lowest BCUT2D eigenvalue weighted by Gasteiger charge is -1.99. The smallest absolute Gasteiger partial charge is 0.180 e. The van der Waals surface area contributed by atoms with E-state index in [4.69, 9.17) is 4.74 Å². The van der Waals surface area contributed by atoms with Crippen LogP contribution in [0.25, 0.3) is 10.1 Å². The Morgan fingerprint density at radius 1 is 1.50 bits per heavy atom. The quantitative estimate of drug-likeness (QED) is 0.771. The molecule has 0 aliphatic carbocycles. The molecule has 2 nitrogen and oxygen atoms in total. The second-order valence-corrected chi connectivity index (χ2v) is 4.38. The summed E-state index contributed by atoms with van der Waals surface area (Å²) in [4.78, 5) is 0.881. The fourth-order valence-electron chi connectivity index (χ4n) is 1.48. The van der Waals surface area contributed by atoms with Gasteiger partial charge in [0.15, 0.2) is 5.06 Å². The van der Waals surface area contributed by atoms with Gasteiger partial charge < -0.3 is 9.84 Å². The molecule has 74 valence electrons. The van der Waals surface area contributed by atoms with Crippen LogP contribution in [0.3, 0.4) is 0 Å². The van der Waals surface area contributed by atoms with Gasteiger partial charge in [0.2, 0.25) is 0 Å². The minimum Gasteiger partial charge on any atom is -0.487 e. The summed E-state index contributed by atoms with van der Waals surface area (Å²) in [5.74, 6) is 0. The second-order valence-electron chi connectivity index (χ2n) is 2.88. The average molecular weight is 226 g/mol. The summed E-state index contributed by atoms with van der Waals surface area (Å²) in [6.07, 6.45) is 0. The normalized spacial score (nSPS) is 10.8. The Balaban J connectivity index is 2.81. The van der Waals surface area contributed by atoms with Crippen molar-refractivity contribution in [2.24, 2.45) is 0 Å². The Hall–Kier alpha value is -0.710. The molecule has 1 aromatic carbocycles. The number of hydrogen-bond donors (Lipinski definition) is 2. The zero-order valence-electron chi connectivity index (χ0n) is 7.65. The van der Waals surface area contributed by atoms with Crippen molar-refractivity contribution >= 4 is 34.1 Å². The van der Waals surface area contributed by atoms with Crippen LogP contribution in [0.2, 0.25) is 0 Å². The molecular weight excluding hydrogens is 216 g/mol. The van der Waals surface area contributed by atoms with E-state index in [0.29, 0.717) is 0 Å². The van der Waals surface area contributed by atoms with Gasteiger partial charge in [0.1, 0.15) is 0 Å². The topological polar surface area (TPSA) is 29.5 Å². The molecule has 1 aromatic heterocycles. The molecule has 2 aromatic rings. The summed E-state index contributed by atoms with van der Waals surface area (Å²) >= 11 is 5.90. The zero-order valence-corrected chi connectivity index (χ0v) is 9.36. The molecular formula is C10H10O2S2. The molecule has 0 aliphatic heterocycles. The predicted molar refractivity (Wildman–Crippen MR) is 61.6 cm³/mol. The van der Waals surface area contributed by atoms with Crippen molar-refractivity contribution in [2.45, 2.75) is 11.5 Å². The van der Waals surface area contributed by atoms with Crippen LogP contribution in [-0.4, -0.2) is 12.2 Å². The van der Waals surface area contributed by atoms with Crippen LogP contribution >= 0.6 is 24.0 Å². The summed E-state index contributed by atoms with van der Waals surface area (Å²) in [7, 11) is 1.61. The van der Waals surface area contributed by atoms with Crippen molar-refractivity contribution in [2.75, 3.05) is 7.11 Å². The van der Waals surface area contributed by atoms with E-state index < -0.39 is 0 Å². The van der Waals surface area contributed by atoms with Gasteiger partial charge in [0.25, 0.3) is 0 Å². The third-order valence-electron chi connectivity index (χ3n) is 2.10. The number of ether oxygens (including phenoxy) is 1. The number of aliphatic hydroxyl groups excluding tert-OH is 1. The molecule has 0 unspecified atom stereocenters. The van der Waals surface area contributed by atoms with Gasteiger partial charge in [-0.3, -0.25) is 0 Å². The lowest BCUT2D eigenvalue weighted by molar-refractivity contribution is 0.277. The molecule has 0 atom stereocenters. The minimum absolute atomic E-state index is 0.0131. The van der Waals surface area contributed by atoms with Gasteiger partial charge in [0.05, 0.1) is 13.7 Å². The fraction of sp³-hybridized carbons (Fsp3) is 0.200. The van der Waals surface area contributed by atoms with E-state index in [-0.39, 0.29) is 6.61 Å². The summed E-state index contributed by atoms with van der Waals surface area (Å²) in [6, 6.07) is 5.86. The van der Waals surface area contributed by atoms with Crippen LogP contribution in [0, 0.1) is 0 Å². The maximum absolute atomic E-state index is 9.25. The molecule has 0 amide bonds. The first kappa shape index (κ1) is 9.83. The first-order valence-corrected chi connectivity index (χ1v) is 5.42. The maximum atomic E-state index is 9.25. The number of rotatable bonds is 2. The van der Waals surface area contributed by atoms with Gasteiger partial charge in [0, 0.05) is 20.5 Å². The molecule has 1 N–H and O–H groups in total. The highest BCUT2D eigenvalue weighted by Crippen LogP contribution is 2.40. The molecule has 1 heterocycles. The van der Waals surface area contributed by atoms with Gasteiger partial charge in [-0.15, -0.1) is 12.6 Å². The van der Waals surface area contributed by atoms with Crippen LogP contribution < -0.4 is 4.74 Å². The first-order chi connectivity index (χ1) is 6.77. The molecule has 0 spiro atoms. The Kier molecular flexibility index (Phi) is 2.67. The van der Waals surface area contributed by atoms with Crippen molar-refractivity contribution in [1.82, 2.24) is 0 Å². The highest BCUT2D eigenvalue weighted by molar-refractivity contribution is 7.80. The molecule has 0 aliphatic rings. The Morgan fingerprint density at radius 3 is 2.93 bits per heavy atom. The maximum Gasteiger partial charge on any atom is 0.180 e. The fourth-order valence-corrected chi connectivity index (χ4v) is 2.95. The lowest BCUT2D eigenvalue weighted by Crippen LogP contribution is -1.86. The van der Waals surface area contributed by atoms with E-state index in [1.54, 1.807) is 7.11 Å². The van der Waals surface area contributed by atoms with Crippen molar-refractivity contribution in [1.29, 1.82) is 0 Å². The van der Waals surface area contributed by atoms with E-state index in [0.717, 1.165) is 25.6 Å². The van der Waals surface area contributed by atoms with Gasteiger partial charge in [-0.05, 0) is 12.1 Å². The van der Waals surface area contributed by atoms with Crippen LogP contribution in [0.15, 0.2) is 23.1 Å². The molecule has 0 fully saturated rings. The number of fused-ring (bicyclic) bond motifs is 1. The van der Waals surface area contributed by atoms with Crippen LogP contribution in [-0.2, 0) is 6.61 Å². The van der Waals surface area contributed by atoms with Crippen LogP contribution in [0.4, 0.5) is 0 Å². The molecule has 14 heavy (non-hydrogen) atoms. The van der Waals surface area contributed by atoms with E-state index in [2.05, 4.69) is 12.6 Å². The van der Waals surface area contributed by atoms with E-state index >= 15 is 0 Å². The summed E-state index contributed by atoms with van der Waals surface area (Å²) in [5, 5.41) is 11.0. The number of benzene rings is 1. The predicted octanol–water partition coefficient (Wildman–Crippen LogP) is 2.69. The number of thiol groups is 1. The molecule has 0 saturated heterocycles. The largest absolute Gasteiger partial charge is 0.487 e. The van der Waals surface area contributed by atoms with Gasteiger partial charge >= 0.3 is 0 Å². The Morgan fingerprint density at radius 2 is 2.29 bits per heavy atom. The highest BCUT2D eigenvalue weighted by atomic mass is 32.1. The SMILES string of the molecule is COc1sc2cccc(S)c2c1CO. The van der Waals surface area contributed by atoms with Crippen LogP contribution in [0.5, 0.6) is 5.06 Å². The molecule has 0 radical (unpaired) electrons. The van der Waals surface area contributed by atoms with Crippen LogP contribution in [0.1, 0.15) is 5.56 Å². The monoisotopic (exact) mass is 226 g/mol. The third kappa shape index (κ3) is 1.39. The van der Waals surface area contributed by atoms with Crippen molar-refractivity contribution in [3.63, 3.8) is 0 Å². The molecule has 4 heteroatoms. The average Bonchev–Trinajstić information content (AvgIpc) is 2.56. The van der Waals surface area contributed by atoms with Crippen molar-refractivity contribution in [3.8, 4) is 5.06 Å². The minimum atomic E-state index is -0.0131. The molecule has 2 rings (SSSR count). The number of aliphatic hydroxyl groups is 1. The second kappa shape index (κ2) is 3.81. The van der Waals surface area contributed by atoms with Gasteiger partial charge in [-0.2, -0.15) is 0 Å². The molecule has 0 bridgehead atoms. The van der Waals surface area contributed by atoms with Crippen molar-refractivity contribution < 1.29 is 9.84 Å². The molecule has 0 saturated carbocycles. The standard InChI is InChI=1S/C10H10O2S2/c1-12-10-6(5-11)9-7(13)3-2-4-8(9)14-10/h2-4,11,13H,5H2,1H3. The number of methoxy groups -OCH3 is 1. The lowest BCUT2D eigenvalue weighted by atomic mass is 10.2. The van der Waals surface area contributed by atoms with E-state index in [1.165, 1.54) is 11.3 Å². The summed E-state index contributed by atoms with van der Waals surface area (Å²) < 4.78 is 6.30. The third-order valence-corrected chi connectivity index (χ3v) is 3.63. The summed E-state index contributed by atoms with van der Waals surface area (Å²) in [6.45, 7) is -0.0131. The van der Waals surface area contributed by atoms with Crippen molar-refractivity contribution in [3.05, 3.63) is 23.8 Å². The Bertz CT molecular complexity index is 462.